The van der Waals surface area contributed by atoms with Crippen LogP contribution in [0.5, 0.6) is 0 Å². The van der Waals surface area contributed by atoms with Gasteiger partial charge in [-0.2, -0.15) is 0 Å². The van der Waals surface area contributed by atoms with E-state index in [0.29, 0.717) is 13.0 Å². The monoisotopic (exact) mass is 594 g/mol. The number of esters is 1. The van der Waals surface area contributed by atoms with Crippen LogP contribution in [0.1, 0.15) is 174 Å². The Kier molecular flexibility index (Phi) is 28.0. The van der Waals surface area contributed by atoms with Crippen LogP contribution in [-0.2, 0) is 19.1 Å². The Balaban J connectivity index is 2.16. The van der Waals surface area contributed by atoms with Gasteiger partial charge in [-0.05, 0) is 50.5 Å². The van der Waals surface area contributed by atoms with Gasteiger partial charge in [0.05, 0.1) is 19.8 Å². The Morgan fingerprint density at radius 1 is 0.667 bits per heavy atom. The zero-order chi connectivity index (χ0) is 30.4. The van der Waals surface area contributed by atoms with E-state index in [9.17, 15) is 9.59 Å². The summed E-state index contributed by atoms with van der Waals surface area (Å²) in [5.41, 5.74) is 0. The number of hydrogen-bond acceptors (Lipinski definition) is 5. The van der Waals surface area contributed by atoms with Gasteiger partial charge in [-0.1, -0.05) is 129 Å². The zero-order valence-corrected chi connectivity index (χ0v) is 28.2. The molecule has 0 aromatic rings. The Labute approximate surface area is 261 Å². The molecular weight excluding hydrogens is 522 g/mol. The zero-order valence-electron chi connectivity index (χ0n) is 28.2. The molecule has 0 spiro atoms. The minimum atomic E-state index is 0.0161. The van der Waals surface area contributed by atoms with Gasteiger partial charge < -0.3 is 14.3 Å². The van der Waals surface area contributed by atoms with Gasteiger partial charge in [0, 0.05) is 25.9 Å². The Bertz CT molecular complexity index is 582. The second-order valence-electron chi connectivity index (χ2n) is 13.1. The highest BCUT2D eigenvalue weighted by molar-refractivity contribution is 5.69. The Morgan fingerprint density at radius 2 is 1.17 bits per heavy atom. The van der Waals surface area contributed by atoms with E-state index in [1.54, 1.807) is 0 Å². The van der Waals surface area contributed by atoms with Crippen molar-refractivity contribution in [2.45, 2.75) is 174 Å². The lowest BCUT2D eigenvalue weighted by Crippen LogP contribution is -2.36. The topological polar surface area (TPSA) is 55.8 Å². The standard InChI is InChI=1S/C37H71NO4/c1-3-5-14-21-36(22-15-6-4-2)27-32-42-37(40)26-18-12-9-11-17-24-35(23-16-10-7-8-13-19-31-39)25-20-28-38-29-33-41-34-30-38/h31,35-36H,3-30,32-34H2,1-2H3. The summed E-state index contributed by atoms with van der Waals surface area (Å²) in [6.07, 6.45) is 31.4. The summed E-state index contributed by atoms with van der Waals surface area (Å²) in [4.78, 5) is 25.4. The van der Waals surface area contributed by atoms with E-state index in [4.69, 9.17) is 9.47 Å². The van der Waals surface area contributed by atoms with Gasteiger partial charge in [0.1, 0.15) is 6.29 Å². The maximum Gasteiger partial charge on any atom is 0.305 e. The summed E-state index contributed by atoms with van der Waals surface area (Å²) in [5, 5.41) is 0. The number of morpholine rings is 1. The normalized spacial score (nSPS) is 14.8. The second kappa shape index (κ2) is 30.1. The summed E-state index contributed by atoms with van der Waals surface area (Å²) in [6.45, 7) is 10.4. The third kappa shape index (κ3) is 24.5. The van der Waals surface area contributed by atoms with Crippen molar-refractivity contribution in [1.82, 2.24) is 4.90 Å². The lowest BCUT2D eigenvalue weighted by atomic mass is 9.90. The minimum absolute atomic E-state index is 0.0161. The van der Waals surface area contributed by atoms with Crippen LogP contribution >= 0.6 is 0 Å². The minimum Gasteiger partial charge on any atom is -0.466 e. The van der Waals surface area contributed by atoms with Crippen LogP contribution in [0.3, 0.4) is 0 Å². The van der Waals surface area contributed by atoms with Gasteiger partial charge in [-0.15, -0.1) is 0 Å². The van der Waals surface area contributed by atoms with E-state index >= 15 is 0 Å². The van der Waals surface area contributed by atoms with Crippen molar-refractivity contribution < 1.29 is 19.1 Å². The van der Waals surface area contributed by atoms with Gasteiger partial charge in [-0.3, -0.25) is 9.69 Å². The highest BCUT2D eigenvalue weighted by atomic mass is 16.5. The first-order valence-electron chi connectivity index (χ1n) is 18.6. The molecule has 5 nitrogen and oxygen atoms in total. The molecule has 1 saturated heterocycles. The molecule has 0 radical (unpaired) electrons. The summed E-state index contributed by atoms with van der Waals surface area (Å²) in [7, 11) is 0. The van der Waals surface area contributed by atoms with E-state index in [2.05, 4.69) is 18.7 Å². The first-order valence-corrected chi connectivity index (χ1v) is 18.6. The third-order valence-corrected chi connectivity index (χ3v) is 9.34. The number of aldehydes is 1. The molecule has 5 heteroatoms. The van der Waals surface area contributed by atoms with Gasteiger partial charge in [0.2, 0.25) is 0 Å². The number of ether oxygens (including phenoxy) is 2. The highest BCUT2D eigenvalue weighted by Crippen LogP contribution is 2.24. The van der Waals surface area contributed by atoms with E-state index in [1.165, 1.54) is 129 Å². The number of unbranched alkanes of at least 4 members (excludes halogenated alkanes) is 13. The third-order valence-electron chi connectivity index (χ3n) is 9.34. The molecule has 1 heterocycles. The first-order chi connectivity index (χ1) is 20.7. The van der Waals surface area contributed by atoms with Crippen molar-refractivity contribution in [3.63, 3.8) is 0 Å². The average Bonchev–Trinajstić information content (AvgIpc) is 3.00. The molecule has 248 valence electrons. The fraction of sp³-hybridized carbons (Fsp3) is 0.946. The lowest BCUT2D eigenvalue weighted by Gasteiger charge is -2.27. The van der Waals surface area contributed by atoms with E-state index < -0.39 is 0 Å². The fourth-order valence-corrected chi connectivity index (χ4v) is 6.50. The van der Waals surface area contributed by atoms with Crippen LogP contribution < -0.4 is 0 Å². The molecule has 0 N–H and O–H groups in total. The molecular formula is C37H71NO4. The van der Waals surface area contributed by atoms with Crippen molar-refractivity contribution >= 4 is 12.3 Å². The van der Waals surface area contributed by atoms with Gasteiger partial charge in [0.15, 0.2) is 0 Å². The summed E-state index contributed by atoms with van der Waals surface area (Å²) < 4.78 is 11.1. The molecule has 1 aliphatic heterocycles. The van der Waals surface area contributed by atoms with Crippen LogP contribution in [-0.4, -0.2) is 56.6 Å². The van der Waals surface area contributed by atoms with E-state index in [-0.39, 0.29) is 5.97 Å². The number of carbonyl (C=O) groups excluding carboxylic acids is 2. The summed E-state index contributed by atoms with van der Waals surface area (Å²) in [6, 6.07) is 0. The van der Waals surface area contributed by atoms with Crippen molar-refractivity contribution in [2.75, 3.05) is 39.5 Å². The quantitative estimate of drug-likeness (QED) is 0.0455. The van der Waals surface area contributed by atoms with Crippen LogP contribution in [0, 0.1) is 11.8 Å². The predicted octanol–water partition coefficient (Wildman–Crippen LogP) is 10.1. The van der Waals surface area contributed by atoms with Crippen LogP contribution in [0.15, 0.2) is 0 Å². The smallest absolute Gasteiger partial charge is 0.305 e. The molecule has 1 fully saturated rings. The number of nitrogens with zero attached hydrogens (tertiary/aromatic N) is 1. The summed E-state index contributed by atoms with van der Waals surface area (Å²) in [5.74, 6) is 1.60. The van der Waals surface area contributed by atoms with Crippen LogP contribution in [0.4, 0.5) is 0 Å². The molecule has 0 amide bonds. The number of carbonyl (C=O) groups is 2. The molecule has 0 aliphatic carbocycles. The molecule has 0 aromatic carbocycles. The van der Waals surface area contributed by atoms with E-state index in [1.807, 2.05) is 0 Å². The number of hydrogen-bond donors (Lipinski definition) is 0. The van der Waals surface area contributed by atoms with Crippen LogP contribution in [0.25, 0.3) is 0 Å². The molecule has 0 aromatic heterocycles. The second-order valence-corrected chi connectivity index (χ2v) is 13.1. The molecule has 0 bridgehead atoms. The van der Waals surface area contributed by atoms with Crippen LogP contribution in [0.2, 0.25) is 0 Å². The SMILES string of the molecule is CCCCCC(CCCCC)CCOC(=O)CCCCCCCC(CCCCCCCC=O)CCCN1CCOCC1. The summed E-state index contributed by atoms with van der Waals surface area (Å²) >= 11 is 0. The molecule has 42 heavy (non-hydrogen) atoms. The molecule has 0 saturated carbocycles. The van der Waals surface area contributed by atoms with Crippen molar-refractivity contribution in [3.05, 3.63) is 0 Å². The maximum atomic E-state index is 12.3. The molecule has 1 aliphatic rings. The first kappa shape index (κ1) is 39.1. The maximum absolute atomic E-state index is 12.3. The number of rotatable bonds is 31. The average molecular weight is 594 g/mol. The molecule has 1 unspecified atom stereocenters. The van der Waals surface area contributed by atoms with Gasteiger partial charge in [0.25, 0.3) is 0 Å². The Hall–Kier alpha value is -0.940. The van der Waals surface area contributed by atoms with Gasteiger partial charge >= 0.3 is 5.97 Å². The fourth-order valence-electron chi connectivity index (χ4n) is 6.50. The van der Waals surface area contributed by atoms with Gasteiger partial charge in [-0.25, -0.2) is 0 Å². The van der Waals surface area contributed by atoms with E-state index in [0.717, 1.165) is 76.5 Å². The molecule has 1 atom stereocenters. The Morgan fingerprint density at radius 3 is 1.76 bits per heavy atom. The van der Waals surface area contributed by atoms with Crippen molar-refractivity contribution in [2.24, 2.45) is 11.8 Å². The molecule has 1 rings (SSSR count). The predicted molar refractivity (Wildman–Crippen MR) is 178 cm³/mol. The largest absolute Gasteiger partial charge is 0.466 e. The van der Waals surface area contributed by atoms with Crippen molar-refractivity contribution in [1.29, 1.82) is 0 Å². The highest BCUT2D eigenvalue weighted by Gasteiger charge is 2.13. The lowest BCUT2D eigenvalue weighted by molar-refractivity contribution is -0.144. The van der Waals surface area contributed by atoms with Crippen molar-refractivity contribution in [3.8, 4) is 0 Å².